The van der Waals surface area contributed by atoms with E-state index < -0.39 is 17.3 Å². The van der Waals surface area contributed by atoms with Gasteiger partial charge in [-0.3, -0.25) is 9.59 Å². The second-order valence-corrected chi connectivity index (χ2v) is 6.83. The topological polar surface area (TPSA) is 108 Å². The minimum Gasteiger partial charge on any atom is -0.497 e. The number of aliphatic hydroxyl groups is 1. The lowest BCUT2D eigenvalue weighted by molar-refractivity contribution is -0.157. The zero-order chi connectivity index (χ0) is 20.1. The molecule has 1 fully saturated rings. The van der Waals surface area contributed by atoms with E-state index in [1.54, 1.807) is 6.07 Å². The Kier molecular flexibility index (Phi) is 6.05. The first kappa shape index (κ1) is 20.0. The number of piperidine rings is 1. The van der Waals surface area contributed by atoms with E-state index in [4.69, 9.17) is 4.74 Å². The van der Waals surface area contributed by atoms with Gasteiger partial charge in [-0.15, -0.1) is 0 Å². The Morgan fingerprint density at radius 1 is 1.39 bits per heavy atom. The van der Waals surface area contributed by atoms with Crippen molar-refractivity contribution in [2.75, 3.05) is 20.2 Å². The summed E-state index contributed by atoms with van der Waals surface area (Å²) in [5.41, 5.74) is -1.02. The molecule has 150 valence electrons. The molecule has 1 aliphatic heterocycles. The predicted molar refractivity (Wildman–Crippen MR) is 99.1 cm³/mol. The minimum absolute atomic E-state index is 0.0113. The fourth-order valence-corrected chi connectivity index (χ4v) is 3.29. The Labute approximate surface area is 161 Å². The maximum absolute atomic E-state index is 14.1. The van der Waals surface area contributed by atoms with E-state index in [1.807, 2.05) is 0 Å². The van der Waals surface area contributed by atoms with Crippen LogP contribution in [0.2, 0.25) is 0 Å². The van der Waals surface area contributed by atoms with Gasteiger partial charge in [0.05, 0.1) is 19.1 Å². The van der Waals surface area contributed by atoms with Gasteiger partial charge >= 0.3 is 0 Å². The van der Waals surface area contributed by atoms with Crippen LogP contribution in [0.4, 0.5) is 4.39 Å². The molecule has 28 heavy (non-hydrogen) atoms. The molecule has 0 aliphatic carbocycles. The number of aromatic amines is 1. The molecule has 1 aromatic carbocycles. The zero-order valence-corrected chi connectivity index (χ0v) is 15.6. The third kappa shape index (κ3) is 4.55. The van der Waals surface area contributed by atoms with E-state index in [0.29, 0.717) is 36.4 Å². The van der Waals surface area contributed by atoms with Crippen LogP contribution >= 0.6 is 0 Å². The van der Waals surface area contributed by atoms with Crippen LogP contribution in [0.1, 0.15) is 24.1 Å². The van der Waals surface area contributed by atoms with Crippen molar-refractivity contribution >= 4 is 5.91 Å². The molecular formula is C19H23FN4O4. The number of methoxy groups -OCH3 is 1. The molecule has 1 aromatic heterocycles. The van der Waals surface area contributed by atoms with Gasteiger partial charge in [0.1, 0.15) is 11.6 Å². The second kappa shape index (κ2) is 8.49. The summed E-state index contributed by atoms with van der Waals surface area (Å²) in [6, 6.07) is 5.70. The monoisotopic (exact) mass is 390 g/mol. The van der Waals surface area contributed by atoms with Gasteiger partial charge in [0.25, 0.3) is 11.5 Å². The Balaban J connectivity index is 1.64. The highest BCUT2D eigenvalue weighted by Gasteiger charge is 2.41. The normalized spacial score (nSPS) is 19.7. The number of nitrogens with one attached hydrogen (secondary N) is 2. The number of ether oxygens (including phenoxy) is 1. The third-order valence-corrected chi connectivity index (χ3v) is 4.78. The predicted octanol–water partition coefficient (Wildman–Crippen LogP) is 0.561. The summed E-state index contributed by atoms with van der Waals surface area (Å²) in [6.45, 7) is 0.745. The molecular weight excluding hydrogens is 367 g/mol. The Morgan fingerprint density at radius 2 is 2.21 bits per heavy atom. The average molecular weight is 390 g/mol. The number of carbonyl (C=O) groups is 1. The van der Waals surface area contributed by atoms with Crippen LogP contribution < -0.4 is 15.6 Å². The van der Waals surface area contributed by atoms with Crippen LogP contribution in [-0.2, 0) is 17.9 Å². The van der Waals surface area contributed by atoms with Crippen LogP contribution in [0.3, 0.4) is 0 Å². The largest absolute Gasteiger partial charge is 0.497 e. The Bertz CT molecular complexity index is 903. The summed E-state index contributed by atoms with van der Waals surface area (Å²) < 4.78 is 19.2. The highest BCUT2D eigenvalue weighted by atomic mass is 19.1. The van der Waals surface area contributed by atoms with Crippen LogP contribution in [0.5, 0.6) is 5.75 Å². The molecule has 1 unspecified atom stereocenters. The fourth-order valence-electron chi connectivity index (χ4n) is 3.29. The van der Waals surface area contributed by atoms with Crippen molar-refractivity contribution in [3.05, 3.63) is 58.0 Å². The first-order chi connectivity index (χ1) is 13.4. The minimum atomic E-state index is -1.59. The van der Waals surface area contributed by atoms with Gasteiger partial charge in [0, 0.05) is 37.8 Å². The smallest absolute Gasteiger partial charge is 0.256 e. The lowest BCUT2D eigenvalue weighted by Crippen LogP contribution is -2.57. The van der Waals surface area contributed by atoms with E-state index in [2.05, 4.69) is 15.3 Å². The summed E-state index contributed by atoms with van der Waals surface area (Å²) in [5, 5.41) is 13.8. The number of nitrogens with zero attached hydrogens (tertiary/aromatic N) is 2. The van der Waals surface area contributed by atoms with Crippen molar-refractivity contribution in [1.29, 1.82) is 0 Å². The summed E-state index contributed by atoms with van der Waals surface area (Å²) >= 11 is 0. The molecule has 1 aliphatic rings. The molecule has 9 heteroatoms. The molecule has 1 amide bonds. The maximum atomic E-state index is 14.1. The molecule has 3 N–H and O–H groups in total. The summed E-state index contributed by atoms with van der Waals surface area (Å²) in [6.07, 6.45) is 2.20. The molecule has 2 aromatic rings. The number of H-pyrrole nitrogens is 1. The molecule has 8 nitrogen and oxygen atoms in total. The van der Waals surface area contributed by atoms with E-state index in [1.165, 1.54) is 36.5 Å². The zero-order valence-electron chi connectivity index (χ0n) is 15.6. The van der Waals surface area contributed by atoms with Gasteiger partial charge < -0.3 is 25.0 Å². The van der Waals surface area contributed by atoms with E-state index >= 15 is 0 Å². The molecule has 0 radical (unpaired) electrons. The van der Waals surface area contributed by atoms with Gasteiger partial charge in [-0.1, -0.05) is 0 Å². The number of halogens is 1. The van der Waals surface area contributed by atoms with Gasteiger partial charge in [-0.2, -0.15) is 0 Å². The second-order valence-electron chi connectivity index (χ2n) is 6.83. The molecule has 1 saturated heterocycles. The first-order valence-corrected chi connectivity index (χ1v) is 9.00. The van der Waals surface area contributed by atoms with E-state index in [-0.39, 0.29) is 25.2 Å². The van der Waals surface area contributed by atoms with Gasteiger partial charge in [0.15, 0.2) is 5.60 Å². The quantitative estimate of drug-likeness (QED) is 0.638. The van der Waals surface area contributed by atoms with Crippen LogP contribution in [0, 0.1) is 5.82 Å². The van der Waals surface area contributed by atoms with Crippen LogP contribution in [0.25, 0.3) is 0 Å². The van der Waals surface area contributed by atoms with Crippen molar-refractivity contribution in [3.63, 3.8) is 0 Å². The number of hydrogen-bond acceptors (Lipinski definition) is 6. The Morgan fingerprint density at radius 3 is 2.96 bits per heavy atom. The van der Waals surface area contributed by atoms with E-state index in [9.17, 15) is 19.1 Å². The Hall–Kier alpha value is -2.78. The number of aromatic nitrogens is 2. The number of likely N-dealkylation sites (tertiary alicyclic amines) is 1. The molecule has 0 saturated carbocycles. The summed E-state index contributed by atoms with van der Waals surface area (Å²) in [7, 11) is 1.49. The first-order valence-electron chi connectivity index (χ1n) is 9.00. The SMILES string of the molecule is COc1ccc(F)c(CN2CCCC(O)(CNCc3cc(=O)[nH]cn3)C2=O)c1. The lowest BCUT2D eigenvalue weighted by atomic mass is 9.91. The number of rotatable bonds is 7. The van der Waals surface area contributed by atoms with Gasteiger partial charge in [0.2, 0.25) is 0 Å². The number of carbonyl (C=O) groups excluding carboxylic acids is 1. The standard InChI is InChI=1S/C19H23FN4O4/c1-28-15-3-4-16(20)13(7-15)10-24-6-2-5-19(27,18(24)26)11-21-9-14-8-17(25)23-12-22-14/h3-4,7-8,12,21,27H,2,5-6,9-11H2,1H3,(H,22,23,25). The molecule has 0 bridgehead atoms. The van der Waals surface area contributed by atoms with E-state index in [0.717, 1.165) is 0 Å². The van der Waals surface area contributed by atoms with Crippen molar-refractivity contribution in [1.82, 2.24) is 20.2 Å². The van der Waals surface area contributed by atoms with Crippen LogP contribution in [0.15, 0.2) is 35.4 Å². The van der Waals surface area contributed by atoms with Gasteiger partial charge in [-0.25, -0.2) is 9.37 Å². The number of hydrogen-bond donors (Lipinski definition) is 3. The number of benzene rings is 1. The van der Waals surface area contributed by atoms with Crippen LogP contribution in [-0.4, -0.2) is 51.7 Å². The highest BCUT2D eigenvalue weighted by molar-refractivity contribution is 5.86. The maximum Gasteiger partial charge on any atom is 0.256 e. The highest BCUT2D eigenvalue weighted by Crippen LogP contribution is 2.25. The summed E-state index contributed by atoms with van der Waals surface area (Å²) in [5.74, 6) is -0.378. The molecule has 2 heterocycles. The summed E-state index contributed by atoms with van der Waals surface area (Å²) in [4.78, 5) is 32.0. The average Bonchev–Trinajstić information content (AvgIpc) is 2.67. The number of amides is 1. The van der Waals surface area contributed by atoms with Gasteiger partial charge in [-0.05, 0) is 31.0 Å². The lowest BCUT2D eigenvalue weighted by Gasteiger charge is -2.38. The fraction of sp³-hybridized carbons (Fsp3) is 0.421. The van der Waals surface area contributed by atoms with Crippen molar-refractivity contribution in [2.45, 2.75) is 31.5 Å². The molecule has 1 atom stereocenters. The molecule has 0 spiro atoms. The van der Waals surface area contributed by atoms with Crippen molar-refractivity contribution in [2.24, 2.45) is 0 Å². The molecule has 3 rings (SSSR count). The van der Waals surface area contributed by atoms with Crippen molar-refractivity contribution < 1.29 is 19.0 Å². The van der Waals surface area contributed by atoms with Crippen molar-refractivity contribution in [3.8, 4) is 5.75 Å². The third-order valence-electron chi connectivity index (χ3n) is 4.78.